The number of para-hydroxylation sites is 1. The first-order valence-corrected chi connectivity index (χ1v) is 11.3. The van der Waals surface area contributed by atoms with Crippen molar-refractivity contribution in [1.82, 2.24) is 5.32 Å². The number of nitrogens with one attached hydrogen (secondary N) is 1. The van der Waals surface area contributed by atoms with Gasteiger partial charge in [-0.25, -0.2) is 12.8 Å². The minimum Gasteiger partial charge on any atom is -0.494 e. The summed E-state index contributed by atoms with van der Waals surface area (Å²) in [6.07, 6.45) is 2.39. The second-order valence-electron chi connectivity index (χ2n) is 6.66. The molecule has 0 aliphatic rings. The molecule has 1 amide bonds. The molecule has 6 nitrogen and oxygen atoms in total. The van der Waals surface area contributed by atoms with Crippen molar-refractivity contribution >= 4 is 21.6 Å². The van der Waals surface area contributed by atoms with Crippen molar-refractivity contribution in [2.75, 3.05) is 23.7 Å². The molecule has 0 radical (unpaired) electrons. The third-order valence-corrected chi connectivity index (χ3v) is 5.58. The van der Waals surface area contributed by atoms with Crippen molar-refractivity contribution in [1.29, 1.82) is 0 Å². The van der Waals surface area contributed by atoms with Gasteiger partial charge >= 0.3 is 0 Å². The highest BCUT2D eigenvalue weighted by atomic mass is 32.2. The van der Waals surface area contributed by atoms with Gasteiger partial charge in [-0.2, -0.15) is 0 Å². The lowest BCUT2D eigenvalue weighted by Gasteiger charge is -2.28. The molecular formula is C21H27FN2O4S. The molecule has 0 saturated heterocycles. The number of carbonyl (C=O) groups is 1. The van der Waals surface area contributed by atoms with Crippen LogP contribution in [0.5, 0.6) is 5.75 Å². The Labute approximate surface area is 171 Å². The van der Waals surface area contributed by atoms with Gasteiger partial charge in [0.05, 0.1) is 18.6 Å². The summed E-state index contributed by atoms with van der Waals surface area (Å²) in [5, 5.41) is 2.73. The molecule has 2 rings (SSSR count). The highest BCUT2D eigenvalue weighted by Gasteiger charge is 2.30. The van der Waals surface area contributed by atoms with Crippen molar-refractivity contribution in [3.63, 3.8) is 0 Å². The Kier molecular flexibility index (Phi) is 8.01. The monoisotopic (exact) mass is 422 g/mol. The predicted molar refractivity (Wildman–Crippen MR) is 112 cm³/mol. The molecule has 0 aromatic heterocycles. The molecule has 1 N–H and O–H groups in total. The number of carbonyl (C=O) groups excluding carboxylic acids is 1. The summed E-state index contributed by atoms with van der Waals surface area (Å²) in [6, 6.07) is 12.2. The minimum absolute atomic E-state index is 0.146. The molecular weight excluding hydrogens is 395 g/mol. The van der Waals surface area contributed by atoms with Crippen LogP contribution in [0, 0.1) is 5.82 Å². The van der Waals surface area contributed by atoms with Crippen molar-refractivity contribution in [3.05, 3.63) is 59.9 Å². The normalized spacial score (nSPS) is 12.3. The number of benzene rings is 2. The molecule has 0 heterocycles. The highest BCUT2D eigenvalue weighted by molar-refractivity contribution is 7.92. The van der Waals surface area contributed by atoms with E-state index in [4.69, 9.17) is 4.74 Å². The fourth-order valence-corrected chi connectivity index (χ4v) is 4.16. The molecule has 2 aromatic rings. The predicted octanol–water partition coefficient (Wildman–Crippen LogP) is 3.13. The lowest BCUT2D eigenvalue weighted by Crippen LogP contribution is -2.48. The van der Waals surface area contributed by atoms with Crippen molar-refractivity contribution < 1.29 is 22.3 Å². The SMILES string of the molecule is CCOc1ccc(CCCNC(=O)C(C)N(c2ccccc2F)S(C)(=O)=O)cc1. The zero-order valence-corrected chi connectivity index (χ0v) is 17.7. The summed E-state index contributed by atoms with van der Waals surface area (Å²) in [7, 11) is -3.85. The van der Waals surface area contributed by atoms with Gasteiger partial charge in [0.15, 0.2) is 0 Å². The van der Waals surface area contributed by atoms with Crippen LogP contribution in [0.2, 0.25) is 0 Å². The molecule has 1 unspecified atom stereocenters. The van der Waals surface area contributed by atoms with E-state index in [1.54, 1.807) is 0 Å². The highest BCUT2D eigenvalue weighted by Crippen LogP contribution is 2.24. The maximum absolute atomic E-state index is 14.1. The lowest BCUT2D eigenvalue weighted by atomic mass is 10.1. The van der Waals surface area contributed by atoms with Crippen molar-refractivity contribution in [2.24, 2.45) is 0 Å². The first-order chi connectivity index (χ1) is 13.7. The molecule has 158 valence electrons. The van der Waals surface area contributed by atoms with E-state index in [2.05, 4.69) is 5.32 Å². The largest absolute Gasteiger partial charge is 0.494 e. The zero-order chi connectivity index (χ0) is 21.4. The number of nitrogens with zero attached hydrogens (tertiary/aromatic N) is 1. The fraction of sp³-hybridized carbons (Fsp3) is 0.381. The third kappa shape index (κ3) is 6.45. The van der Waals surface area contributed by atoms with Gasteiger partial charge in [-0.1, -0.05) is 24.3 Å². The average molecular weight is 423 g/mol. The van der Waals surface area contributed by atoms with Crippen LogP contribution >= 0.6 is 0 Å². The van der Waals surface area contributed by atoms with E-state index >= 15 is 0 Å². The van der Waals surface area contributed by atoms with Crippen LogP contribution in [0.25, 0.3) is 0 Å². The second kappa shape index (κ2) is 10.2. The van der Waals surface area contributed by atoms with Crippen LogP contribution in [-0.2, 0) is 21.2 Å². The Hall–Kier alpha value is -2.61. The number of rotatable bonds is 10. The number of amides is 1. The van der Waals surface area contributed by atoms with Crippen molar-refractivity contribution in [2.45, 2.75) is 32.7 Å². The summed E-state index contributed by atoms with van der Waals surface area (Å²) < 4.78 is 44.7. The number of halogens is 1. The van der Waals surface area contributed by atoms with E-state index in [9.17, 15) is 17.6 Å². The van der Waals surface area contributed by atoms with Gasteiger partial charge in [0.25, 0.3) is 0 Å². The maximum atomic E-state index is 14.1. The number of hydrogen-bond acceptors (Lipinski definition) is 4. The summed E-state index contributed by atoms with van der Waals surface area (Å²) in [6.45, 7) is 4.36. The topological polar surface area (TPSA) is 75.7 Å². The Morgan fingerprint density at radius 3 is 2.41 bits per heavy atom. The van der Waals surface area contributed by atoms with Crippen LogP contribution in [-0.4, -0.2) is 39.8 Å². The number of aryl methyl sites for hydroxylation is 1. The van der Waals surface area contributed by atoms with Crippen LogP contribution in [0.4, 0.5) is 10.1 Å². The molecule has 0 spiro atoms. The Morgan fingerprint density at radius 2 is 1.83 bits per heavy atom. The summed E-state index contributed by atoms with van der Waals surface area (Å²) in [5.74, 6) is -0.370. The van der Waals surface area contributed by atoms with Gasteiger partial charge in [-0.3, -0.25) is 9.10 Å². The van der Waals surface area contributed by atoms with E-state index in [-0.39, 0.29) is 5.69 Å². The smallest absolute Gasteiger partial charge is 0.243 e. The molecule has 0 fully saturated rings. The fourth-order valence-electron chi connectivity index (χ4n) is 2.98. The molecule has 0 aliphatic carbocycles. The van der Waals surface area contributed by atoms with Gasteiger partial charge in [0.2, 0.25) is 15.9 Å². The summed E-state index contributed by atoms with van der Waals surface area (Å²) in [5.41, 5.74) is 0.965. The molecule has 2 aromatic carbocycles. The zero-order valence-electron chi connectivity index (χ0n) is 16.9. The minimum atomic E-state index is -3.85. The van der Waals surface area contributed by atoms with Crippen LogP contribution in [0.3, 0.4) is 0 Å². The van der Waals surface area contributed by atoms with Gasteiger partial charge in [0, 0.05) is 6.54 Å². The molecule has 1 atom stereocenters. The first kappa shape index (κ1) is 22.7. The van der Waals surface area contributed by atoms with Gasteiger partial charge < -0.3 is 10.1 Å². The summed E-state index contributed by atoms with van der Waals surface area (Å²) in [4.78, 5) is 12.5. The van der Waals surface area contributed by atoms with Crippen molar-refractivity contribution in [3.8, 4) is 5.75 Å². The molecule has 29 heavy (non-hydrogen) atoms. The van der Waals surface area contributed by atoms with Crippen LogP contribution in [0.1, 0.15) is 25.8 Å². The standard InChI is InChI=1S/C21H27FN2O4S/c1-4-28-18-13-11-17(12-14-18)8-7-15-23-21(25)16(2)24(29(3,26)27)20-10-6-5-9-19(20)22/h5-6,9-14,16H,4,7-8,15H2,1-3H3,(H,23,25). The Balaban J connectivity index is 1.93. The van der Waals surface area contributed by atoms with Gasteiger partial charge in [0.1, 0.15) is 17.6 Å². The number of sulfonamides is 1. The van der Waals surface area contributed by atoms with Gasteiger partial charge in [-0.05, 0) is 56.5 Å². The maximum Gasteiger partial charge on any atom is 0.243 e. The van der Waals surface area contributed by atoms with Crippen LogP contribution < -0.4 is 14.4 Å². The quantitative estimate of drug-likeness (QED) is 0.597. The number of anilines is 1. The Morgan fingerprint density at radius 1 is 1.17 bits per heavy atom. The average Bonchev–Trinajstić information content (AvgIpc) is 2.67. The van der Waals surface area contributed by atoms with Gasteiger partial charge in [-0.15, -0.1) is 0 Å². The molecule has 8 heteroatoms. The van der Waals surface area contributed by atoms with E-state index in [0.717, 1.165) is 34.4 Å². The number of ether oxygens (including phenoxy) is 1. The van der Waals surface area contributed by atoms with E-state index in [1.807, 2.05) is 31.2 Å². The van der Waals surface area contributed by atoms with E-state index in [0.29, 0.717) is 19.6 Å². The molecule has 0 aliphatic heterocycles. The summed E-state index contributed by atoms with van der Waals surface area (Å²) >= 11 is 0. The van der Waals surface area contributed by atoms with E-state index in [1.165, 1.54) is 25.1 Å². The lowest BCUT2D eigenvalue weighted by molar-refractivity contribution is -0.121. The van der Waals surface area contributed by atoms with Crippen LogP contribution in [0.15, 0.2) is 48.5 Å². The molecule has 0 bridgehead atoms. The van der Waals surface area contributed by atoms with E-state index < -0.39 is 27.8 Å². The first-order valence-electron chi connectivity index (χ1n) is 9.47. The Bertz CT molecular complexity index is 917. The molecule has 0 saturated carbocycles. The third-order valence-electron chi connectivity index (χ3n) is 4.35. The number of hydrogen-bond donors (Lipinski definition) is 1. The second-order valence-corrected chi connectivity index (χ2v) is 8.52.